The van der Waals surface area contributed by atoms with Crippen LogP contribution in [-0.4, -0.2) is 4.98 Å². The first-order chi connectivity index (χ1) is 6.16. The molecule has 0 radical (unpaired) electrons. The second-order valence-electron chi connectivity index (χ2n) is 2.68. The van der Waals surface area contributed by atoms with E-state index in [1.165, 1.54) is 0 Å². The van der Waals surface area contributed by atoms with Gasteiger partial charge in [0.1, 0.15) is 5.02 Å². The van der Waals surface area contributed by atoms with Crippen molar-refractivity contribution in [1.29, 1.82) is 0 Å². The van der Waals surface area contributed by atoms with Gasteiger partial charge in [0.25, 0.3) is 5.56 Å². The quantitative estimate of drug-likeness (QED) is 0.774. The molecular weight excluding hydrogens is 253 g/mol. The van der Waals surface area contributed by atoms with Gasteiger partial charge in [-0.15, -0.1) is 0 Å². The maximum Gasteiger partial charge on any atom is 0.267 e. The Hall–Kier alpha value is -0.800. The van der Waals surface area contributed by atoms with Crippen LogP contribution in [0.1, 0.15) is 0 Å². The Kier molecular flexibility index (Phi) is 2.14. The Morgan fingerprint density at radius 2 is 2.08 bits per heavy atom. The number of aromatic nitrogens is 1. The number of pyridine rings is 1. The highest BCUT2D eigenvalue weighted by atomic mass is 79.9. The van der Waals surface area contributed by atoms with Crippen molar-refractivity contribution in [2.75, 3.05) is 0 Å². The first kappa shape index (κ1) is 8.78. The van der Waals surface area contributed by atoms with Crippen molar-refractivity contribution in [3.05, 3.63) is 44.1 Å². The van der Waals surface area contributed by atoms with Crippen LogP contribution in [0.4, 0.5) is 0 Å². The number of hydrogen-bond donors (Lipinski definition) is 1. The topological polar surface area (TPSA) is 32.9 Å². The largest absolute Gasteiger partial charge is 0.321 e. The van der Waals surface area contributed by atoms with Gasteiger partial charge in [-0.2, -0.15) is 0 Å². The minimum Gasteiger partial charge on any atom is -0.321 e. The lowest BCUT2D eigenvalue weighted by atomic mass is 10.2. The number of halogens is 2. The van der Waals surface area contributed by atoms with E-state index >= 15 is 0 Å². The number of rotatable bonds is 0. The highest BCUT2D eigenvalue weighted by Crippen LogP contribution is 2.18. The lowest BCUT2D eigenvalue weighted by molar-refractivity contribution is 1.31. The summed E-state index contributed by atoms with van der Waals surface area (Å²) in [5, 5.41) is 1.13. The zero-order valence-electron chi connectivity index (χ0n) is 6.47. The Bertz CT molecular complexity index is 520. The summed E-state index contributed by atoms with van der Waals surface area (Å²) in [4.78, 5) is 13.8. The number of hydrogen-bond acceptors (Lipinski definition) is 1. The molecule has 0 saturated heterocycles. The van der Waals surface area contributed by atoms with E-state index in [2.05, 4.69) is 20.9 Å². The minimum absolute atomic E-state index is 0.214. The van der Waals surface area contributed by atoms with Crippen LogP contribution < -0.4 is 5.56 Å². The Morgan fingerprint density at radius 1 is 1.31 bits per heavy atom. The molecule has 2 nitrogen and oxygen atoms in total. The van der Waals surface area contributed by atoms with E-state index in [4.69, 9.17) is 11.6 Å². The zero-order valence-corrected chi connectivity index (χ0v) is 8.82. The van der Waals surface area contributed by atoms with Crippen LogP contribution in [0.15, 0.2) is 33.5 Å². The second-order valence-corrected chi connectivity index (χ2v) is 4.00. The summed E-state index contributed by atoms with van der Waals surface area (Å²) in [6.45, 7) is 0. The summed E-state index contributed by atoms with van der Waals surface area (Å²) in [6.07, 6.45) is 0. The van der Waals surface area contributed by atoms with Gasteiger partial charge in [-0.3, -0.25) is 4.79 Å². The molecule has 4 heteroatoms. The monoisotopic (exact) mass is 257 g/mol. The molecule has 0 spiro atoms. The Balaban J connectivity index is 2.89. The molecule has 13 heavy (non-hydrogen) atoms. The summed E-state index contributed by atoms with van der Waals surface area (Å²) in [5.41, 5.74) is 0.536. The molecule has 0 saturated carbocycles. The molecule has 1 aromatic heterocycles. The van der Waals surface area contributed by atoms with Crippen LogP contribution in [0, 0.1) is 0 Å². The summed E-state index contributed by atoms with van der Waals surface area (Å²) in [5.74, 6) is 0. The number of benzene rings is 1. The molecule has 0 unspecified atom stereocenters. The van der Waals surface area contributed by atoms with Crippen LogP contribution in [-0.2, 0) is 0 Å². The smallest absolute Gasteiger partial charge is 0.267 e. The van der Waals surface area contributed by atoms with Gasteiger partial charge < -0.3 is 4.98 Å². The minimum atomic E-state index is -0.253. The average molecular weight is 259 g/mol. The Labute approximate surface area is 87.7 Å². The third-order valence-corrected chi connectivity index (χ3v) is 2.53. The molecule has 1 aromatic carbocycles. The van der Waals surface area contributed by atoms with Gasteiger partial charge in [-0.25, -0.2) is 0 Å². The van der Waals surface area contributed by atoms with Crippen LogP contribution in [0.5, 0.6) is 0 Å². The molecule has 0 bridgehead atoms. The van der Waals surface area contributed by atoms with Crippen molar-refractivity contribution in [2.24, 2.45) is 0 Å². The summed E-state index contributed by atoms with van der Waals surface area (Å²) in [6, 6.07) is 7.25. The molecule has 0 aliphatic heterocycles. The maximum absolute atomic E-state index is 11.1. The molecule has 1 N–H and O–H groups in total. The molecular formula is C9H5BrClNO. The predicted octanol–water partition coefficient (Wildman–Crippen LogP) is 2.94. The van der Waals surface area contributed by atoms with Gasteiger partial charge in [0.2, 0.25) is 0 Å². The van der Waals surface area contributed by atoms with Gasteiger partial charge >= 0.3 is 0 Å². The fourth-order valence-electron chi connectivity index (χ4n) is 1.15. The number of H-pyrrole nitrogens is 1. The third kappa shape index (κ3) is 1.62. The van der Waals surface area contributed by atoms with Crippen molar-refractivity contribution in [3.63, 3.8) is 0 Å². The summed E-state index contributed by atoms with van der Waals surface area (Å²) >= 11 is 9.02. The van der Waals surface area contributed by atoms with E-state index in [1.54, 1.807) is 6.07 Å². The molecule has 0 aliphatic carbocycles. The number of fused-ring (bicyclic) bond motifs is 1. The first-order valence-electron chi connectivity index (χ1n) is 3.65. The van der Waals surface area contributed by atoms with E-state index in [0.717, 1.165) is 15.4 Å². The predicted molar refractivity (Wildman–Crippen MR) is 57.3 cm³/mol. The van der Waals surface area contributed by atoms with Gasteiger partial charge in [-0.05, 0) is 24.3 Å². The number of aromatic amines is 1. The van der Waals surface area contributed by atoms with Crippen molar-refractivity contribution in [2.45, 2.75) is 0 Å². The van der Waals surface area contributed by atoms with Gasteiger partial charge in [-0.1, -0.05) is 27.5 Å². The lowest BCUT2D eigenvalue weighted by Crippen LogP contribution is -2.05. The third-order valence-electron chi connectivity index (χ3n) is 1.76. The fraction of sp³-hybridized carbons (Fsp3) is 0. The van der Waals surface area contributed by atoms with Crippen LogP contribution in [0.2, 0.25) is 5.02 Å². The first-order valence-corrected chi connectivity index (χ1v) is 4.82. The van der Waals surface area contributed by atoms with Gasteiger partial charge in [0, 0.05) is 15.4 Å². The molecule has 0 aliphatic rings. The maximum atomic E-state index is 11.1. The van der Waals surface area contributed by atoms with Crippen molar-refractivity contribution in [1.82, 2.24) is 4.98 Å². The molecule has 2 aromatic rings. The molecule has 0 amide bonds. The highest BCUT2D eigenvalue weighted by molar-refractivity contribution is 9.10. The van der Waals surface area contributed by atoms with E-state index in [9.17, 15) is 4.79 Å². The summed E-state index contributed by atoms with van der Waals surface area (Å²) in [7, 11) is 0. The zero-order chi connectivity index (χ0) is 9.42. The molecule has 2 rings (SSSR count). The van der Waals surface area contributed by atoms with Crippen molar-refractivity contribution >= 4 is 38.4 Å². The molecule has 66 valence electrons. The highest BCUT2D eigenvalue weighted by Gasteiger charge is 1.99. The van der Waals surface area contributed by atoms with Crippen LogP contribution >= 0.6 is 27.5 Å². The molecule has 0 atom stereocenters. The van der Waals surface area contributed by atoms with Crippen LogP contribution in [0.25, 0.3) is 10.9 Å². The summed E-state index contributed by atoms with van der Waals surface area (Å²) < 4.78 is 0.961. The number of nitrogens with one attached hydrogen (secondary N) is 1. The van der Waals surface area contributed by atoms with E-state index in [-0.39, 0.29) is 10.6 Å². The molecule has 0 fully saturated rings. The lowest BCUT2D eigenvalue weighted by Gasteiger charge is -1.98. The standard InChI is InChI=1S/C9H5BrClNO/c10-6-1-2-8-5(3-6)4-7(11)9(13)12-8/h1-4H,(H,12,13). The fourth-order valence-corrected chi connectivity index (χ4v) is 1.69. The van der Waals surface area contributed by atoms with Gasteiger partial charge in [0.15, 0.2) is 0 Å². The van der Waals surface area contributed by atoms with Gasteiger partial charge in [0.05, 0.1) is 0 Å². The van der Waals surface area contributed by atoms with E-state index in [1.807, 2.05) is 18.2 Å². The van der Waals surface area contributed by atoms with Crippen molar-refractivity contribution < 1.29 is 0 Å². The normalized spacial score (nSPS) is 10.6. The second kappa shape index (κ2) is 3.16. The van der Waals surface area contributed by atoms with Crippen molar-refractivity contribution in [3.8, 4) is 0 Å². The Morgan fingerprint density at radius 3 is 2.85 bits per heavy atom. The van der Waals surface area contributed by atoms with E-state index in [0.29, 0.717) is 0 Å². The van der Waals surface area contributed by atoms with Crippen LogP contribution in [0.3, 0.4) is 0 Å². The van der Waals surface area contributed by atoms with E-state index < -0.39 is 0 Å². The average Bonchev–Trinajstić information content (AvgIpc) is 2.08. The molecule has 1 heterocycles. The SMILES string of the molecule is O=c1[nH]c2ccc(Br)cc2cc1Cl.